The Balaban J connectivity index is 0.000000212. The van der Waals surface area contributed by atoms with Gasteiger partial charge in [0.15, 0.2) is 14.3 Å². The summed E-state index contributed by atoms with van der Waals surface area (Å²) >= 11 is -0.0850. The summed E-state index contributed by atoms with van der Waals surface area (Å²) in [6, 6.07) is 35.8. The number of benzene rings is 4. The predicted molar refractivity (Wildman–Crippen MR) is 147 cm³/mol. The molecule has 0 spiro atoms. The van der Waals surface area contributed by atoms with E-state index in [9.17, 15) is 0 Å². The largest absolute Gasteiger partial charge is 0.358 e. The van der Waals surface area contributed by atoms with Crippen molar-refractivity contribution in [1.82, 2.24) is 0 Å². The highest BCUT2D eigenvalue weighted by Gasteiger charge is 2.21. The molecule has 0 atom stereocenters. The summed E-state index contributed by atoms with van der Waals surface area (Å²) in [5.41, 5.74) is 6.16. The van der Waals surface area contributed by atoms with Gasteiger partial charge >= 0.3 is 42.4 Å². The molecule has 0 N–H and O–H groups in total. The van der Waals surface area contributed by atoms with Crippen LogP contribution in [0.25, 0.3) is 0 Å². The van der Waals surface area contributed by atoms with Crippen LogP contribution in [-0.2, 0) is 10.8 Å². The average molecular weight is 703 g/mol. The zero-order chi connectivity index (χ0) is 26.3. The Hall–Kier alpha value is -1.66. The minimum absolute atomic E-state index is 0.0147. The Morgan fingerprint density at radius 2 is 0.750 bits per heavy atom. The van der Waals surface area contributed by atoms with Crippen molar-refractivity contribution in [1.29, 1.82) is 0 Å². The third kappa shape index (κ3) is 8.72. The van der Waals surface area contributed by atoms with Gasteiger partial charge in [0.25, 0.3) is 0 Å². The minimum atomic E-state index is -0.0703. The van der Waals surface area contributed by atoms with Crippen molar-refractivity contribution in [2.45, 2.75) is 66.2 Å². The smallest absolute Gasteiger partial charge is 0.0617 e. The Morgan fingerprint density at radius 3 is 1.06 bits per heavy atom. The highest BCUT2D eigenvalue weighted by atomic mass is 127. The second-order valence-electron chi connectivity index (χ2n) is 11.2. The van der Waals surface area contributed by atoms with Gasteiger partial charge in [0.05, 0.1) is 0 Å². The van der Waals surface area contributed by atoms with E-state index < -0.39 is 0 Å². The van der Waals surface area contributed by atoms with Crippen LogP contribution in [0.15, 0.2) is 97.1 Å². The van der Waals surface area contributed by atoms with E-state index in [0.29, 0.717) is 0 Å². The molecule has 188 valence electrons. The first-order chi connectivity index (χ1) is 16.9. The molecule has 0 saturated carbocycles. The van der Waals surface area contributed by atoms with Crippen molar-refractivity contribution >= 4 is 0 Å². The zero-order valence-corrected chi connectivity index (χ0v) is 27.3. The van der Waals surface area contributed by atoms with Gasteiger partial charge in [-0.3, -0.25) is 0 Å². The molecule has 2 heteroatoms. The molecule has 36 heavy (non-hydrogen) atoms. The summed E-state index contributed by atoms with van der Waals surface area (Å²) in [4.78, 5) is 0. The SMILES string of the molecule is CC(C)(C)c1ccc([I+]c2ccc(C(C)(C)C)cc2)cc1.Cc1ccccc1[I+]c1ccccc1C. The minimum Gasteiger partial charge on any atom is -0.0617 e. The lowest BCUT2D eigenvalue weighted by Gasteiger charge is -2.18. The van der Waals surface area contributed by atoms with E-state index in [-0.39, 0.29) is 53.2 Å². The van der Waals surface area contributed by atoms with E-state index in [2.05, 4.69) is 152 Å². The summed E-state index contributed by atoms with van der Waals surface area (Å²) in [6.07, 6.45) is 0. The fraction of sp³-hybridized carbons (Fsp3) is 0.294. The van der Waals surface area contributed by atoms with Crippen molar-refractivity contribution < 1.29 is 42.4 Å². The molecule has 4 aromatic rings. The third-order valence-corrected chi connectivity index (χ3v) is 12.3. The monoisotopic (exact) mass is 702 g/mol. The van der Waals surface area contributed by atoms with Crippen molar-refractivity contribution in [2.75, 3.05) is 0 Å². The summed E-state index contributed by atoms with van der Waals surface area (Å²) in [7, 11) is 0. The molecule has 0 bridgehead atoms. The molecule has 0 aliphatic rings. The Bertz CT molecular complexity index is 1140. The first-order valence-corrected chi connectivity index (χ1v) is 16.9. The molecule has 0 unspecified atom stereocenters. The lowest BCUT2D eigenvalue weighted by Crippen LogP contribution is -3.62. The number of halogens is 2. The van der Waals surface area contributed by atoms with Crippen LogP contribution >= 0.6 is 0 Å². The molecule has 0 amide bonds. The van der Waals surface area contributed by atoms with Crippen LogP contribution in [-0.4, -0.2) is 0 Å². The van der Waals surface area contributed by atoms with E-state index in [0.717, 1.165) is 0 Å². The van der Waals surface area contributed by atoms with Crippen LogP contribution in [0, 0.1) is 28.1 Å². The molecule has 0 aliphatic carbocycles. The van der Waals surface area contributed by atoms with Crippen LogP contribution in [0.5, 0.6) is 0 Å². The molecule has 4 aromatic carbocycles. The maximum Gasteiger partial charge on any atom is 0.358 e. The molecular formula is C34H40I2+2. The van der Waals surface area contributed by atoms with Crippen LogP contribution in [0.1, 0.15) is 63.8 Å². The quantitative estimate of drug-likeness (QED) is 0.288. The first kappa shape index (κ1) is 28.9. The van der Waals surface area contributed by atoms with Gasteiger partial charge in [0.1, 0.15) is 0 Å². The van der Waals surface area contributed by atoms with Crippen LogP contribution in [0.2, 0.25) is 0 Å². The van der Waals surface area contributed by atoms with Gasteiger partial charge < -0.3 is 0 Å². The summed E-state index contributed by atoms with van der Waals surface area (Å²) in [5.74, 6) is 0. The van der Waals surface area contributed by atoms with Crippen molar-refractivity contribution in [2.24, 2.45) is 0 Å². The van der Waals surface area contributed by atoms with Gasteiger partial charge in [0, 0.05) is 11.1 Å². The molecule has 0 heterocycles. The standard InChI is InChI=1S/C20H26I.C14H14I/c1-19(2,3)15-7-11-17(12-8-15)21-18-13-9-16(10-14-18)20(4,5)6;1-11-7-3-5-9-13(11)15-14-10-6-4-8-12(14)2/h7-14H,1-6H3;3-10H,1-2H3/q2*+1. The van der Waals surface area contributed by atoms with Gasteiger partial charge in [-0.1, -0.05) is 102 Å². The average Bonchev–Trinajstić information content (AvgIpc) is 2.82. The topological polar surface area (TPSA) is 0 Å². The molecule has 0 aromatic heterocycles. The molecule has 0 radical (unpaired) electrons. The highest BCUT2D eigenvalue weighted by molar-refractivity contribution is 5.23. The summed E-state index contributed by atoms with van der Waals surface area (Å²) in [6.45, 7) is 18.0. The summed E-state index contributed by atoms with van der Waals surface area (Å²) in [5, 5.41) is 0. The van der Waals surface area contributed by atoms with Crippen molar-refractivity contribution in [3.8, 4) is 0 Å². The number of hydrogen-bond donors (Lipinski definition) is 0. The highest BCUT2D eigenvalue weighted by Crippen LogP contribution is 2.21. The van der Waals surface area contributed by atoms with Crippen LogP contribution in [0.3, 0.4) is 0 Å². The molecule has 0 aliphatic heterocycles. The van der Waals surface area contributed by atoms with E-state index in [1.54, 1.807) is 0 Å². The molecule has 0 nitrogen and oxygen atoms in total. The maximum atomic E-state index is 2.31. The summed E-state index contributed by atoms with van der Waals surface area (Å²) < 4.78 is 6.05. The lowest BCUT2D eigenvalue weighted by molar-refractivity contribution is -0.598. The third-order valence-electron chi connectivity index (χ3n) is 6.00. The van der Waals surface area contributed by atoms with Crippen LogP contribution < -0.4 is 42.4 Å². The number of rotatable bonds is 4. The van der Waals surface area contributed by atoms with Gasteiger partial charge in [-0.2, -0.15) is 0 Å². The first-order valence-electron chi connectivity index (χ1n) is 12.6. The zero-order valence-electron chi connectivity index (χ0n) is 23.0. The number of aryl methyl sites for hydroxylation is 2. The van der Waals surface area contributed by atoms with Crippen molar-refractivity contribution in [3.05, 3.63) is 134 Å². The van der Waals surface area contributed by atoms with Gasteiger partial charge in [-0.25, -0.2) is 0 Å². The normalized spacial score (nSPS) is 11.6. The molecule has 4 rings (SSSR count). The molecule has 0 saturated heterocycles. The maximum absolute atomic E-state index is 2.31. The fourth-order valence-corrected chi connectivity index (χ4v) is 8.34. The fourth-order valence-electron chi connectivity index (χ4n) is 3.58. The number of hydrogen-bond acceptors (Lipinski definition) is 0. The van der Waals surface area contributed by atoms with E-state index in [4.69, 9.17) is 0 Å². The molecule has 0 fully saturated rings. The Kier molecular flexibility index (Phi) is 10.2. The predicted octanol–water partition coefficient (Wildman–Crippen LogP) is 2.84. The van der Waals surface area contributed by atoms with Gasteiger partial charge in [-0.05, 0) is 72.2 Å². The van der Waals surface area contributed by atoms with Crippen LogP contribution in [0.4, 0.5) is 0 Å². The second kappa shape index (κ2) is 12.7. The van der Waals surface area contributed by atoms with Crippen molar-refractivity contribution in [3.63, 3.8) is 0 Å². The van der Waals surface area contributed by atoms with Gasteiger partial charge in [0.2, 0.25) is 0 Å². The Morgan fingerprint density at radius 1 is 0.417 bits per heavy atom. The van der Waals surface area contributed by atoms with E-state index in [1.165, 1.54) is 36.5 Å². The Labute approximate surface area is 240 Å². The van der Waals surface area contributed by atoms with E-state index in [1.807, 2.05) is 0 Å². The second-order valence-corrected chi connectivity index (χ2v) is 17.1. The molecular weight excluding hydrogens is 662 g/mol. The lowest BCUT2D eigenvalue weighted by atomic mass is 9.87. The van der Waals surface area contributed by atoms with E-state index >= 15 is 0 Å². The van der Waals surface area contributed by atoms with Gasteiger partial charge in [-0.15, -0.1) is 0 Å².